The summed E-state index contributed by atoms with van der Waals surface area (Å²) >= 11 is 3.28. The van der Waals surface area contributed by atoms with Crippen molar-refractivity contribution in [2.45, 2.75) is 12.5 Å². The third kappa shape index (κ3) is 4.70. The van der Waals surface area contributed by atoms with Crippen LogP contribution in [-0.4, -0.2) is 15.6 Å². The minimum atomic E-state index is 1.10. The molecule has 5 heavy (non-hydrogen) atoms. The quantitative estimate of drug-likeness (QED) is 0.411. The van der Waals surface area contributed by atoms with Gasteiger partial charge in [0.25, 0.3) is 0 Å². The number of hydrogen-bond acceptors (Lipinski definition) is 0. The third-order valence-corrected chi connectivity index (χ3v) is 1.22. The molecule has 0 aliphatic rings. The van der Waals surface area contributed by atoms with Gasteiger partial charge in [-0.25, -0.2) is 0 Å². The summed E-state index contributed by atoms with van der Waals surface area (Å²) in [6, 6.07) is 1.10. The first-order valence-electron chi connectivity index (χ1n) is 1.62. The van der Waals surface area contributed by atoms with Gasteiger partial charge in [0, 0.05) is 15.6 Å². The molecule has 0 rings (SSSR count). The SMILES string of the molecule is [Si]CCCBr. The van der Waals surface area contributed by atoms with Gasteiger partial charge in [0.2, 0.25) is 0 Å². The molecule has 0 spiro atoms. The Hall–Kier alpha value is 0.697. The molecular formula is C3H6BrSi. The molecular weight excluding hydrogens is 144 g/mol. The molecule has 0 nitrogen and oxygen atoms in total. The summed E-state index contributed by atoms with van der Waals surface area (Å²) in [5.74, 6) is 0. The minimum Gasteiger partial charge on any atom is -0.0928 e. The molecule has 0 atom stereocenters. The number of halogens is 1. The van der Waals surface area contributed by atoms with Crippen molar-refractivity contribution < 1.29 is 0 Å². The first-order valence-corrected chi connectivity index (χ1v) is 3.45. The molecule has 3 radical (unpaired) electrons. The van der Waals surface area contributed by atoms with E-state index in [2.05, 4.69) is 26.2 Å². The highest BCUT2D eigenvalue weighted by Gasteiger charge is 1.70. The number of rotatable bonds is 2. The van der Waals surface area contributed by atoms with E-state index >= 15 is 0 Å². The Morgan fingerprint density at radius 3 is 2.20 bits per heavy atom. The van der Waals surface area contributed by atoms with E-state index in [1.165, 1.54) is 6.42 Å². The first-order chi connectivity index (χ1) is 2.41. The molecule has 0 heterocycles. The molecule has 0 saturated heterocycles. The van der Waals surface area contributed by atoms with Crippen molar-refractivity contribution >= 4 is 26.2 Å². The zero-order valence-electron chi connectivity index (χ0n) is 3.00. The lowest BCUT2D eigenvalue weighted by molar-refractivity contribution is 1.11. The maximum Gasteiger partial charge on any atom is 0.0222 e. The van der Waals surface area contributed by atoms with Crippen LogP contribution in [-0.2, 0) is 0 Å². The summed E-state index contributed by atoms with van der Waals surface area (Å²) in [6.07, 6.45) is 1.22. The molecule has 0 N–H and O–H groups in total. The third-order valence-electron chi connectivity index (χ3n) is 0.310. The zero-order chi connectivity index (χ0) is 4.12. The van der Waals surface area contributed by atoms with Crippen molar-refractivity contribution in [2.24, 2.45) is 0 Å². The first kappa shape index (κ1) is 5.70. The Morgan fingerprint density at radius 1 is 1.60 bits per heavy atom. The van der Waals surface area contributed by atoms with E-state index in [0.29, 0.717) is 0 Å². The molecule has 0 aromatic heterocycles. The predicted octanol–water partition coefficient (Wildman–Crippen LogP) is 1.36. The van der Waals surface area contributed by atoms with E-state index in [1.807, 2.05) is 0 Å². The summed E-state index contributed by atoms with van der Waals surface area (Å²) in [5, 5.41) is 1.11. The lowest BCUT2D eigenvalue weighted by Crippen LogP contribution is -1.68. The van der Waals surface area contributed by atoms with Crippen LogP contribution < -0.4 is 0 Å². The maximum atomic E-state index is 3.32. The van der Waals surface area contributed by atoms with Crippen molar-refractivity contribution in [1.82, 2.24) is 0 Å². The highest BCUT2D eigenvalue weighted by atomic mass is 79.9. The normalized spacial score (nSPS) is 8.40. The molecule has 0 aromatic carbocycles. The second-order valence-electron chi connectivity index (χ2n) is 0.793. The standard InChI is InChI=1S/C3H6BrSi/c4-2-1-3-5/h1-3H2. The Morgan fingerprint density at radius 2 is 2.20 bits per heavy atom. The van der Waals surface area contributed by atoms with Gasteiger partial charge in [-0.15, -0.1) is 0 Å². The van der Waals surface area contributed by atoms with E-state index in [4.69, 9.17) is 0 Å². The topological polar surface area (TPSA) is 0 Å². The Kier molecular flexibility index (Phi) is 5.35. The van der Waals surface area contributed by atoms with Crippen molar-refractivity contribution in [3.05, 3.63) is 0 Å². The van der Waals surface area contributed by atoms with Gasteiger partial charge in [0.1, 0.15) is 0 Å². The summed E-state index contributed by atoms with van der Waals surface area (Å²) < 4.78 is 0. The van der Waals surface area contributed by atoms with Crippen LogP contribution in [0.3, 0.4) is 0 Å². The molecule has 0 aliphatic carbocycles. The monoisotopic (exact) mass is 149 g/mol. The smallest absolute Gasteiger partial charge is 0.0222 e. The van der Waals surface area contributed by atoms with Gasteiger partial charge in [0.15, 0.2) is 0 Å². The van der Waals surface area contributed by atoms with Gasteiger partial charge in [-0.05, 0) is 6.42 Å². The van der Waals surface area contributed by atoms with E-state index in [-0.39, 0.29) is 0 Å². The summed E-state index contributed by atoms with van der Waals surface area (Å²) in [6.45, 7) is 0. The fraction of sp³-hybridized carbons (Fsp3) is 1.00. The van der Waals surface area contributed by atoms with Gasteiger partial charge in [-0.3, -0.25) is 0 Å². The maximum absolute atomic E-state index is 3.32. The minimum absolute atomic E-state index is 1.10. The van der Waals surface area contributed by atoms with E-state index in [9.17, 15) is 0 Å². The van der Waals surface area contributed by atoms with Crippen LogP contribution in [0, 0.1) is 0 Å². The summed E-state index contributed by atoms with van der Waals surface area (Å²) in [5.41, 5.74) is 0. The van der Waals surface area contributed by atoms with E-state index < -0.39 is 0 Å². The van der Waals surface area contributed by atoms with Crippen molar-refractivity contribution in [2.75, 3.05) is 5.33 Å². The van der Waals surface area contributed by atoms with Crippen LogP contribution in [0.5, 0.6) is 0 Å². The fourth-order valence-electron chi connectivity index (χ4n) is 0.0668. The highest BCUT2D eigenvalue weighted by Crippen LogP contribution is 1.88. The molecule has 0 fully saturated rings. The molecule has 2 heteroatoms. The Bertz CT molecular complexity index is 14.4. The van der Waals surface area contributed by atoms with Crippen LogP contribution in [0.25, 0.3) is 0 Å². The van der Waals surface area contributed by atoms with E-state index in [1.54, 1.807) is 0 Å². The zero-order valence-corrected chi connectivity index (χ0v) is 5.59. The molecule has 0 amide bonds. The van der Waals surface area contributed by atoms with Crippen LogP contribution >= 0.6 is 15.9 Å². The van der Waals surface area contributed by atoms with Crippen LogP contribution in [0.1, 0.15) is 6.42 Å². The van der Waals surface area contributed by atoms with Gasteiger partial charge < -0.3 is 0 Å². The second kappa shape index (κ2) is 4.70. The fourth-order valence-corrected chi connectivity index (χ4v) is 1.04. The average Bonchev–Trinajstić information content (AvgIpc) is 1.41. The lowest BCUT2D eigenvalue weighted by atomic mass is 10.6. The lowest BCUT2D eigenvalue weighted by Gasteiger charge is -1.77. The van der Waals surface area contributed by atoms with Crippen molar-refractivity contribution in [3.63, 3.8) is 0 Å². The molecule has 0 aliphatic heterocycles. The van der Waals surface area contributed by atoms with Crippen molar-refractivity contribution in [3.8, 4) is 0 Å². The molecule has 0 aromatic rings. The Balaban J connectivity index is 2.19. The van der Waals surface area contributed by atoms with Gasteiger partial charge in [0.05, 0.1) is 0 Å². The second-order valence-corrected chi connectivity index (χ2v) is 2.09. The number of hydrogen-bond donors (Lipinski definition) is 0. The van der Waals surface area contributed by atoms with Gasteiger partial charge >= 0.3 is 0 Å². The summed E-state index contributed by atoms with van der Waals surface area (Å²) in [7, 11) is 3.32. The van der Waals surface area contributed by atoms with Crippen LogP contribution in [0.2, 0.25) is 6.04 Å². The average molecular weight is 150 g/mol. The summed E-state index contributed by atoms with van der Waals surface area (Å²) in [4.78, 5) is 0. The van der Waals surface area contributed by atoms with Crippen LogP contribution in [0.4, 0.5) is 0 Å². The molecule has 0 unspecified atom stereocenters. The largest absolute Gasteiger partial charge is 0.0928 e. The van der Waals surface area contributed by atoms with Gasteiger partial charge in [-0.1, -0.05) is 22.0 Å². The Labute approximate surface area is 44.5 Å². The van der Waals surface area contributed by atoms with Crippen molar-refractivity contribution in [1.29, 1.82) is 0 Å². The number of alkyl halides is 1. The van der Waals surface area contributed by atoms with Crippen LogP contribution in [0.15, 0.2) is 0 Å². The van der Waals surface area contributed by atoms with Gasteiger partial charge in [-0.2, -0.15) is 0 Å². The van der Waals surface area contributed by atoms with E-state index in [0.717, 1.165) is 11.4 Å². The molecule has 0 saturated carbocycles. The molecule has 0 bridgehead atoms. The highest BCUT2D eigenvalue weighted by molar-refractivity contribution is 9.09. The predicted molar refractivity (Wildman–Crippen MR) is 29.0 cm³/mol. The molecule has 29 valence electrons.